The summed E-state index contributed by atoms with van der Waals surface area (Å²) in [6, 6.07) is 4.12. The van der Waals surface area contributed by atoms with Gasteiger partial charge in [-0.05, 0) is 17.7 Å². The quantitative estimate of drug-likeness (QED) is 0.927. The van der Waals surface area contributed by atoms with Crippen LogP contribution in [0.5, 0.6) is 5.75 Å². The lowest BCUT2D eigenvalue weighted by molar-refractivity contribution is -0.118. The second-order valence-electron chi connectivity index (χ2n) is 5.30. The third-order valence-corrected chi connectivity index (χ3v) is 5.03. The molecule has 3 nitrogen and oxygen atoms in total. The largest absolute Gasteiger partial charge is 0.493 e. The van der Waals surface area contributed by atoms with Gasteiger partial charge < -0.3 is 10.1 Å². The summed E-state index contributed by atoms with van der Waals surface area (Å²) >= 11 is 8.03. The number of thioether (sulfide) groups is 1. The Kier molecular flexibility index (Phi) is 4.54. The lowest BCUT2D eigenvalue weighted by Crippen LogP contribution is -2.39. The van der Waals surface area contributed by atoms with E-state index in [0.29, 0.717) is 30.5 Å². The van der Waals surface area contributed by atoms with Crippen molar-refractivity contribution in [3.8, 4) is 5.75 Å². The molecule has 1 N–H and O–H groups in total. The number of Topliss-reactive ketones (excluding diaryl/α,β-unsaturated/α-hetero) is 1. The molecule has 0 aliphatic carbocycles. The Morgan fingerprint density at radius 3 is 3.20 bits per heavy atom. The van der Waals surface area contributed by atoms with Crippen molar-refractivity contribution in [3.05, 3.63) is 28.3 Å². The van der Waals surface area contributed by atoms with Crippen molar-refractivity contribution < 1.29 is 9.53 Å². The lowest BCUT2D eigenvalue weighted by atomic mass is 10.0. The Bertz CT molecular complexity index is 515. The summed E-state index contributed by atoms with van der Waals surface area (Å²) in [4.78, 5) is 12.2. The van der Waals surface area contributed by atoms with Gasteiger partial charge in [-0.25, -0.2) is 0 Å². The van der Waals surface area contributed by atoms with E-state index in [4.69, 9.17) is 16.3 Å². The van der Waals surface area contributed by atoms with E-state index in [1.54, 1.807) is 0 Å². The number of carbonyl (C=O) groups is 1. The predicted octanol–water partition coefficient (Wildman–Crippen LogP) is 2.48. The maximum Gasteiger partial charge on any atom is 0.138 e. The lowest BCUT2D eigenvalue weighted by Gasteiger charge is -2.22. The van der Waals surface area contributed by atoms with Crippen LogP contribution in [0.1, 0.15) is 17.5 Å². The highest BCUT2D eigenvalue weighted by molar-refractivity contribution is 7.99. The molecule has 1 atom stereocenters. The molecule has 1 saturated heterocycles. The number of carbonyl (C=O) groups excluding carboxylic acids is 1. The van der Waals surface area contributed by atoms with Gasteiger partial charge in [-0.15, -0.1) is 0 Å². The van der Waals surface area contributed by atoms with Gasteiger partial charge in [-0.1, -0.05) is 11.6 Å². The van der Waals surface area contributed by atoms with Crippen molar-refractivity contribution in [2.24, 2.45) is 0 Å². The van der Waals surface area contributed by atoms with Crippen molar-refractivity contribution in [2.45, 2.75) is 25.3 Å². The average Bonchev–Trinajstić information content (AvgIpc) is 2.88. The highest BCUT2D eigenvalue weighted by Gasteiger charge is 2.21. The average molecular weight is 312 g/mol. The monoisotopic (exact) mass is 311 g/mol. The first-order chi connectivity index (χ1) is 9.72. The fraction of sp³-hybridized carbons (Fsp3) is 0.533. The summed E-state index contributed by atoms with van der Waals surface area (Å²) in [5.41, 5.74) is 2.07. The van der Waals surface area contributed by atoms with Gasteiger partial charge in [0.05, 0.1) is 6.61 Å². The third-order valence-electron chi connectivity index (χ3n) is 3.69. The van der Waals surface area contributed by atoms with Crippen molar-refractivity contribution in [1.82, 2.24) is 5.32 Å². The number of halogens is 1. The molecule has 108 valence electrons. The first-order valence-electron chi connectivity index (χ1n) is 6.99. The van der Waals surface area contributed by atoms with E-state index in [2.05, 4.69) is 5.32 Å². The normalized spacial score (nSPS) is 21.4. The van der Waals surface area contributed by atoms with E-state index < -0.39 is 0 Å². The van der Waals surface area contributed by atoms with Gasteiger partial charge in [0.25, 0.3) is 0 Å². The van der Waals surface area contributed by atoms with Crippen molar-refractivity contribution in [2.75, 3.05) is 24.7 Å². The molecular weight excluding hydrogens is 294 g/mol. The molecule has 20 heavy (non-hydrogen) atoms. The minimum absolute atomic E-state index is 0.255. The Hall–Kier alpha value is -0.710. The summed E-state index contributed by atoms with van der Waals surface area (Å²) in [6.07, 6.45) is 1.90. The molecule has 1 unspecified atom stereocenters. The molecule has 5 heteroatoms. The first-order valence-corrected chi connectivity index (χ1v) is 8.52. The second-order valence-corrected chi connectivity index (χ2v) is 6.88. The molecule has 0 radical (unpaired) electrons. The summed E-state index contributed by atoms with van der Waals surface area (Å²) in [7, 11) is 0. The molecule has 2 heterocycles. The van der Waals surface area contributed by atoms with Crippen molar-refractivity contribution in [3.63, 3.8) is 0 Å². The second kappa shape index (κ2) is 6.37. The Morgan fingerprint density at radius 2 is 2.40 bits per heavy atom. The summed E-state index contributed by atoms with van der Waals surface area (Å²) in [5, 5.41) is 4.10. The topological polar surface area (TPSA) is 38.3 Å². The van der Waals surface area contributed by atoms with Crippen LogP contribution in [-0.2, 0) is 17.6 Å². The van der Waals surface area contributed by atoms with Gasteiger partial charge >= 0.3 is 0 Å². The molecule has 3 rings (SSSR count). The molecule has 0 saturated carbocycles. The summed E-state index contributed by atoms with van der Waals surface area (Å²) in [5.74, 6) is 3.30. The van der Waals surface area contributed by atoms with Gasteiger partial charge in [-0.3, -0.25) is 4.79 Å². The van der Waals surface area contributed by atoms with Crippen molar-refractivity contribution in [1.29, 1.82) is 0 Å². The van der Waals surface area contributed by atoms with Crippen LogP contribution in [0.4, 0.5) is 0 Å². The number of benzene rings is 1. The van der Waals surface area contributed by atoms with Crippen molar-refractivity contribution >= 4 is 29.1 Å². The molecule has 0 bridgehead atoms. The van der Waals surface area contributed by atoms with Crippen LogP contribution >= 0.6 is 23.4 Å². The molecule has 0 amide bonds. The fourth-order valence-electron chi connectivity index (χ4n) is 2.79. The summed E-state index contributed by atoms with van der Waals surface area (Å²) < 4.78 is 5.64. The van der Waals surface area contributed by atoms with Crippen LogP contribution in [0, 0.1) is 0 Å². The van der Waals surface area contributed by atoms with Crippen LogP contribution in [0.25, 0.3) is 0 Å². The van der Waals surface area contributed by atoms with E-state index in [1.165, 1.54) is 0 Å². The molecule has 1 fully saturated rings. The van der Waals surface area contributed by atoms with E-state index in [-0.39, 0.29) is 5.78 Å². The number of hydrogen-bond acceptors (Lipinski definition) is 4. The molecule has 1 aromatic rings. The first kappa shape index (κ1) is 14.2. The number of fused-ring (bicyclic) bond motifs is 1. The van der Waals surface area contributed by atoms with Crippen LogP contribution in [-0.4, -0.2) is 36.5 Å². The predicted molar refractivity (Wildman–Crippen MR) is 83.1 cm³/mol. The zero-order valence-corrected chi connectivity index (χ0v) is 12.9. The number of rotatable bonds is 4. The van der Waals surface area contributed by atoms with E-state index >= 15 is 0 Å². The molecule has 1 aromatic carbocycles. The smallest absolute Gasteiger partial charge is 0.138 e. The summed E-state index contributed by atoms with van der Waals surface area (Å²) in [6.45, 7) is 1.69. The zero-order valence-electron chi connectivity index (χ0n) is 11.3. The van der Waals surface area contributed by atoms with Gasteiger partial charge in [0.2, 0.25) is 0 Å². The minimum atomic E-state index is 0.255. The maximum absolute atomic E-state index is 12.2. The number of ketones is 1. The van der Waals surface area contributed by atoms with Crippen LogP contribution < -0.4 is 10.1 Å². The number of nitrogens with one attached hydrogen (secondary N) is 1. The minimum Gasteiger partial charge on any atom is -0.493 e. The molecule has 0 spiro atoms. The number of ether oxygens (including phenoxy) is 1. The van der Waals surface area contributed by atoms with Gasteiger partial charge in [0.15, 0.2) is 0 Å². The zero-order chi connectivity index (χ0) is 13.9. The SMILES string of the molecule is O=C(Cc1cc(Cl)cc2c1OCC2)CC1CSCCN1. The Labute approximate surface area is 128 Å². The van der Waals surface area contributed by atoms with E-state index in [0.717, 1.165) is 41.3 Å². The maximum atomic E-state index is 12.2. The van der Waals surface area contributed by atoms with Crippen LogP contribution in [0.3, 0.4) is 0 Å². The van der Waals surface area contributed by atoms with Gasteiger partial charge in [-0.2, -0.15) is 11.8 Å². The Balaban J connectivity index is 1.66. The number of hydrogen-bond donors (Lipinski definition) is 1. The van der Waals surface area contributed by atoms with E-state index in [1.807, 2.05) is 23.9 Å². The standard InChI is InChI=1S/C15H18ClNO2S/c16-12-5-10-1-3-19-15(10)11(6-12)7-14(18)8-13-9-20-4-2-17-13/h5-6,13,17H,1-4,7-9H2. The highest BCUT2D eigenvalue weighted by Crippen LogP contribution is 2.33. The highest BCUT2D eigenvalue weighted by atomic mass is 35.5. The fourth-order valence-corrected chi connectivity index (χ4v) is 4.00. The Morgan fingerprint density at radius 1 is 1.50 bits per heavy atom. The molecule has 2 aliphatic heterocycles. The van der Waals surface area contributed by atoms with E-state index in [9.17, 15) is 4.79 Å². The molecule has 2 aliphatic rings. The van der Waals surface area contributed by atoms with Gasteiger partial charge in [0, 0.05) is 53.9 Å². The third kappa shape index (κ3) is 3.30. The molecular formula is C15H18ClNO2S. The van der Waals surface area contributed by atoms with Crippen LogP contribution in [0.15, 0.2) is 12.1 Å². The van der Waals surface area contributed by atoms with Crippen LogP contribution in [0.2, 0.25) is 5.02 Å². The van der Waals surface area contributed by atoms with Gasteiger partial charge in [0.1, 0.15) is 11.5 Å². The molecule has 0 aromatic heterocycles.